The van der Waals surface area contributed by atoms with Crippen molar-refractivity contribution < 1.29 is 4.39 Å². The van der Waals surface area contributed by atoms with Gasteiger partial charge in [-0.3, -0.25) is 0 Å². The molecule has 0 amide bonds. The van der Waals surface area contributed by atoms with Crippen molar-refractivity contribution in [3.8, 4) is 0 Å². The van der Waals surface area contributed by atoms with Gasteiger partial charge in [-0.05, 0) is 36.1 Å². The van der Waals surface area contributed by atoms with Gasteiger partial charge in [0.1, 0.15) is 10.8 Å². The second kappa shape index (κ2) is 6.12. The Bertz CT molecular complexity index is 567. The molecule has 2 aromatic rings. The number of hydrogen-bond donors (Lipinski definition) is 1. The van der Waals surface area contributed by atoms with Gasteiger partial charge in [-0.25, -0.2) is 4.39 Å². The average Bonchev–Trinajstić information content (AvgIpc) is 2.88. The van der Waals surface area contributed by atoms with E-state index < -0.39 is 0 Å². The number of likely N-dealkylation sites (N-methyl/N-ethyl adjacent to an activating group) is 1. The lowest BCUT2D eigenvalue weighted by atomic mass is 10.1. The summed E-state index contributed by atoms with van der Waals surface area (Å²) in [7, 11) is 1.96. The van der Waals surface area contributed by atoms with Crippen molar-refractivity contribution in [2.75, 3.05) is 18.5 Å². The monoisotopic (exact) mass is 294 g/mol. The van der Waals surface area contributed by atoms with E-state index in [1.165, 1.54) is 17.0 Å². The highest BCUT2D eigenvalue weighted by molar-refractivity contribution is 7.80. The summed E-state index contributed by atoms with van der Waals surface area (Å²) < 4.78 is 13.2. The molecule has 0 aliphatic carbocycles. The van der Waals surface area contributed by atoms with Gasteiger partial charge in [-0.1, -0.05) is 18.3 Å². The smallest absolute Gasteiger partial charge is 0.124 e. The quantitative estimate of drug-likeness (QED) is 0.859. The van der Waals surface area contributed by atoms with E-state index >= 15 is 0 Å². The van der Waals surface area contributed by atoms with Crippen LogP contribution in [0.4, 0.5) is 10.1 Å². The number of thiocarbonyl (C=S) groups is 1. The second-order valence-electron chi connectivity index (χ2n) is 4.28. The molecule has 0 spiro atoms. The summed E-state index contributed by atoms with van der Waals surface area (Å²) in [5, 5.41) is 2.06. The first-order valence-electron chi connectivity index (χ1n) is 5.91. The minimum absolute atomic E-state index is 0.220. The lowest BCUT2D eigenvalue weighted by molar-refractivity contribution is 0.627. The van der Waals surface area contributed by atoms with E-state index in [9.17, 15) is 4.39 Å². The zero-order valence-corrected chi connectivity index (χ0v) is 12.2. The van der Waals surface area contributed by atoms with Gasteiger partial charge in [0.2, 0.25) is 0 Å². The fraction of sp³-hybridized carbons (Fsp3) is 0.214. The number of anilines is 1. The third kappa shape index (κ3) is 3.52. The zero-order chi connectivity index (χ0) is 13.8. The molecular weight excluding hydrogens is 279 g/mol. The van der Waals surface area contributed by atoms with Crippen molar-refractivity contribution in [2.45, 2.75) is 6.42 Å². The number of halogens is 1. The Hall–Kier alpha value is -1.46. The van der Waals surface area contributed by atoms with Crippen LogP contribution >= 0.6 is 23.6 Å². The van der Waals surface area contributed by atoms with Crippen LogP contribution in [-0.2, 0) is 6.42 Å². The Labute approximate surface area is 121 Å². The van der Waals surface area contributed by atoms with Gasteiger partial charge in [0.15, 0.2) is 0 Å². The molecular formula is C14H15FN2S2. The molecule has 2 nitrogen and oxygen atoms in total. The molecule has 0 bridgehead atoms. The maximum atomic E-state index is 13.2. The number of benzene rings is 1. The second-order valence-corrected chi connectivity index (χ2v) is 5.75. The summed E-state index contributed by atoms with van der Waals surface area (Å²) in [5.41, 5.74) is 7.11. The maximum absolute atomic E-state index is 13.2. The van der Waals surface area contributed by atoms with Crippen LogP contribution in [0, 0.1) is 5.82 Å². The average molecular weight is 294 g/mol. The Kier molecular flexibility index (Phi) is 4.50. The van der Waals surface area contributed by atoms with Crippen LogP contribution in [0.2, 0.25) is 0 Å². The first-order chi connectivity index (χ1) is 9.08. The van der Waals surface area contributed by atoms with Crippen molar-refractivity contribution >= 4 is 34.2 Å². The molecule has 0 saturated heterocycles. The molecule has 1 aromatic heterocycles. The van der Waals surface area contributed by atoms with Gasteiger partial charge in [0.25, 0.3) is 0 Å². The lowest BCUT2D eigenvalue weighted by Gasteiger charge is -2.22. The van der Waals surface area contributed by atoms with E-state index in [1.54, 1.807) is 17.4 Å². The Morgan fingerprint density at radius 1 is 1.42 bits per heavy atom. The topological polar surface area (TPSA) is 29.3 Å². The molecule has 0 saturated carbocycles. The van der Waals surface area contributed by atoms with Crippen LogP contribution in [0.15, 0.2) is 35.7 Å². The van der Waals surface area contributed by atoms with Crippen molar-refractivity contribution in [2.24, 2.45) is 5.73 Å². The zero-order valence-electron chi connectivity index (χ0n) is 10.6. The summed E-state index contributed by atoms with van der Waals surface area (Å²) >= 11 is 6.71. The molecule has 19 heavy (non-hydrogen) atoms. The van der Waals surface area contributed by atoms with E-state index in [2.05, 4.69) is 11.4 Å². The summed E-state index contributed by atoms with van der Waals surface area (Å²) in [5.74, 6) is -0.321. The Morgan fingerprint density at radius 2 is 2.21 bits per heavy atom. The van der Waals surface area contributed by atoms with Gasteiger partial charge in [-0.15, -0.1) is 11.3 Å². The standard InChI is InChI=1S/C14H15FN2S2/c1-17(7-6-11-3-2-8-19-11)13-5-4-10(15)9-12(13)14(16)18/h2-5,8-9H,6-7H2,1H3,(H2,16,18). The van der Waals surface area contributed by atoms with Gasteiger partial charge in [-0.2, -0.15) is 0 Å². The van der Waals surface area contributed by atoms with Crippen LogP contribution in [-0.4, -0.2) is 18.6 Å². The predicted molar refractivity (Wildman–Crippen MR) is 83.6 cm³/mol. The van der Waals surface area contributed by atoms with Crippen molar-refractivity contribution in [3.63, 3.8) is 0 Å². The molecule has 1 heterocycles. The third-order valence-corrected chi connectivity index (χ3v) is 4.07. The van der Waals surface area contributed by atoms with Gasteiger partial charge in [0, 0.05) is 29.7 Å². The number of nitrogens with two attached hydrogens (primary N) is 1. The van der Waals surface area contributed by atoms with Crippen molar-refractivity contribution in [1.82, 2.24) is 0 Å². The predicted octanol–water partition coefficient (Wildman–Crippen LogP) is 3.20. The highest BCUT2D eigenvalue weighted by atomic mass is 32.1. The molecule has 2 N–H and O–H groups in total. The molecule has 0 fully saturated rings. The van der Waals surface area contributed by atoms with Gasteiger partial charge < -0.3 is 10.6 Å². The molecule has 2 rings (SSSR count). The number of hydrogen-bond acceptors (Lipinski definition) is 3. The fourth-order valence-corrected chi connectivity index (χ4v) is 2.75. The highest BCUT2D eigenvalue weighted by Crippen LogP contribution is 2.21. The van der Waals surface area contributed by atoms with Crippen LogP contribution in [0.5, 0.6) is 0 Å². The van der Waals surface area contributed by atoms with E-state index in [1.807, 2.05) is 18.0 Å². The third-order valence-electron chi connectivity index (χ3n) is 2.91. The van der Waals surface area contributed by atoms with E-state index in [0.717, 1.165) is 18.7 Å². The molecule has 100 valence electrons. The molecule has 5 heteroatoms. The van der Waals surface area contributed by atoms with Gasteiger partial charge >= 0.3 is 0 Å². The normalized spacial score (nSPS) is 10.4. The molecule has 0 atom stereocenters. The van der Waals surface area contributed by atoms with Crippen molar-refractivity contribution in [1.29, 1.82) is 0 Å². The maximum Gasteiger partial charge on any atom is 0.124 e. The van der Waals surface area contributed by atoms with Gasteiger partial charge in [0.05, 0.1) is 0 Å². The van der Waals surface area contributed by atoms with E-state index in [4.69, 9.17) is 18.0 Å². The highest BCUT2D eigenvalue weighted by Gasteiger charge is 2.11. The summed E-state index contributed by atoms with van der Waals surface area (Å²) in [6, 6.07) is 8.69. The molecule has 0 aliphatic rings. The number of rotatable bonds is 5. The van der Waals surface area contributed by atoms with Crippen LogP contribution in [0.3, 0.4) is 0 Å². The first-order valence-corrected chi connectivity index (χ1v) is 7.19. The largest absolute Gasteiger partial charge is 0.389 e. The molecule has 0 radical (unpaired) electrons. The molecule has 0 aliphatic heterocycles. The summed E-state index contributed by atoms with van der Waals surface area (Å²) in [4.78, 5) is 3.59. The minimum Gasteiger partial charge on any atom is -0.389 e. The lowest BCUT2D eigenvalue weighted by Crippen LogP contribution is -2.24. The molecule has 0 unspecified atom stereocenters. The summed E-state index contributed by atoms with van der Waals surface area (Å²) in [6.45, 7) is 0.835. The fourth-order valence-electron chi connectivity index (χ4n) is 1.89. The number of thiophene rings is 1. The molecule has 1 aromatic carbocycles. The van der Waals surface area contributed by atoms with E-state index in [-0.39, 0.29) is 10.8 Å². The van der Waals surface area contributed by atoms with Crippen LogP contribution in [0.1, 0.15) is 10.4 Å². The first kappa shape index (κ1) is 14.0. The Morgan fingerprint density at radius 3 is 2.84 bits per heavy atom. The number of nitrogens with zero attached hydrogens (tertiary/aromatic N) is 1. The SMILES string of the molecule is CN(CCc1cccs1)c1ccc(F)cc1C(N)=S. The van der Waals surface area contributed by atoms with Crippen LogP contribution in [0.25, 0.3) is 0 Å². The van der Waals surface area contributed by atoms with Crippen LogP contribution < -0.4 is 10.6 Å². The summed E-state index contributed by atoms with van der Waals surface area (Å²) in [6.07, 6.45) is 0.947. The van der Waals surface area contributed by atoms with E-state index in [0.29, 0.717) is 5.56 Å². The van der Waals surface area contributed by atoms with Crippen molar-refractivity contribution in [3.05, 3.63) is 52.0 Å². The Balaban J connectivity index is 2.14. The minimum atomic E-state index is -0.321.